The number of likely N-dealkylation sites (tertiary alicyclic amines) is 1. The Morgan fingerprint density at radius 1 is 1.53 bits per heavy atom. The summed E-state index contributed by atoms with van der Waals surface area (Å²) in [7, 11) is 2.04. The van der Waals surface area contributed by atoms with Crippen LogP contribution in [0.3, 0.4) is 0 Å². The zero-order valence-corrected chi connectivity index (χ0v) is 9.95. The second-order valence-corrected chi connectivity index (χ2v) is 4.59. The lowest BCUT2D eigenvalue weighted by molar-refractivity contribution is 0.0912. The van der Waals surface area contributed by atoms with Crippen molar-refractivity contribution < 1.29 is 9.18 Å². The molecule has 0 bridgehead atoms. The smallest absolute Gasteiger partial charge is 0.251 e. The highest BCUT2D eigenvalue weighted by molar-refractivity contribution is 5.94. The lowest BCUT2D eigenvalue weighted by atomic mass is 10.1. The Balaban J connectivity index is 1.97. The van der Waals surface area contributed by atoms with Crippen molar-refractivity contribution in [1.82, 2.24) is 10.2 Å². The quantitative estimate of drug-likeness (QED) is 0.846. The molecule has 0 aromatic heterocycles. The topological polar surface area (TPSA) is 32.3 Å². The highest BCUT2D eigenvalue weighted by atomic mass is 19.1. The Morgan fingerprint density at radius 3 is 3.06 bits per heavy atom. The van der Waals surface area contributed by atoms with Crippen molar-refractivity contribution in [3.05, 3.63) is 35.6 Å². The van der Waals surface area contributed by atoms with Gasteiger partial charge in [-0.25, -0.2) is 4.39 Å². The monoisotopic (exact) mass is 236 g/mol. The number of likely N-dealkylation sites (N-methyl/N-ethyl adjacent to an activating group) is 1. The molecule has 1 aromatic carbocycles. The molecule has 1 amide bonds. The highest BCUT2D eigenvalue weighted by Crippen LogP contribution is 2.09. The third-order valence-corrected chi connectivity index (χ3v) is 3.05. The fourth-order valence-electron chi connectivity index (χ4n) is 2.18. The predicted molar refractivity (Wildman–Crippen MR) is 64.4 cm³/mol. The standard InChI is InChI=1S/C13H17FN2O/c1-16-7-3-6-12(9-16)15-13(17)10-4-2-5-11(14)8-10/h2,4-5,8,12H,3,6-7,9H2,1H3,(H,15,17). The fraction of sp³-hybridized carbons (Fsp3) is 0.462. The molecule has 1 aliphatic rings. The molecule has 1 aromatic rings. The van der Waals surface area contributed by atoms with E-state index in [1.54, 1.807) is 12.1 Å². The normalized spacial score (nSPS) is 21.2. The summed E-state index contributed by atoms with van der Waals surface area (Å²) in [5, 5.41) is 2.95. The summed E-state index contributed by atoms with van der Waals surface area (Å²) in [6.07, 6.45) is 2.08. The molecular weight excluding hydrogens is 219 g/mol. The van der Waals surface area contributed by atoms with Crippen molar-refractivity contribution in [2.24, 2.45) is 0 Å². The summed E-state index contributed by atoms with van der Waals surface area (Å²) in [4.78, 5) is 14.1. The third kappa shape index (κ3) is 3.27. The summed E-state index contributed by atoms with van der Waals surface area (Å²) in [5.74, 6) is -0.566. The Kier molecular flexibility index (Phi) is 3.74. The first kappa shape index (κ1) is 12.0. The van der Waals surface area contributed by atoms with Gasteiger partial charge in [0.1, 0.15) is 5.82 Å². The molecular formula is C13H17FN2O. The van der Waals surface area contributed by atoms with Gasteiger partial charge in [0.2, 0.25) is 0 Å². The fourth-order valence-corrected chi connectivity index (χ4v) is 2.18. The van der Waals surface area contributed by atoms with Crippen molar-refractivity contribution in [3.63, 3.8) is 0 Å². The molecule has 0 radical (unpaired) electrons. The van der Waals surface area contributed by atoms with Crippen molar-refractivity contribution >= 4 is 5.91 Å². The van der Waals surface area contributed by atoms with Crippen LogP contribution in [-0.4, -0.2) is 37.0 Å². The van der Waals surface area contributed by atoms with Gasteiger partial charge in [-0.15, -0.1) is 0 Å². The van der Waals surface area contributed by atoms with Gasteiger partial charge in [-0.05, 0) is 44.6 Å². The average molecular weight is 236 g/mol. The number of nitrogens with zero attached hydrogens (tertiary/aromatic N) is 1. The van der Waals surface area contributed by atoms with Gasteiger partial charge in [0.15, 0.2) is 0 Å². The van der Waals surface area contributed by atoms with Gasteiger partial charge < -0.3 is 10.2 Å². The van der Waals surface area contributed by atoms with Gasteiger partial charge in [0.05, 0.1) is 0 Å². The average Bonchev–Trinajstić information content (AvgIpc) is 2.29. The van der Waals surface area contributed by atoms with Crippen molar-refractivity contribution in [3.8, 4) is 0 Å². The number of amides is 1. The summed E-state index contributed by atoms with van der Waals surface area (Å²) < 4.78 is 13.0. The molecule has 1 saturated heterocycles. The largest absolute Gasteiger partial charge is 0.348 e. The van der Waals surface area contributed by atoms with E-state index in [0.717, 1.165) is 25.9 Å². The Hall–Kier alpha value is -1.42. The molecule has 0 saturated carbocycles. The molecule has 1 unspecified atom stereocenters. The van der Waals surface area contributed by atoms with E-state index >= 15 is 0 Å². The number of carbonyl (C=O) groups excluding carboxylic acids is 1. The Bertz CT molecular complexity index is 408. The molecule has 2 rings (SSSR count). The highest BCUT2D eigenvalue weighted by Gasteiger charge is 2.19. The van der Waals surface area contributed by atoms with Crippen LogP contribution < -0.4 is 5.32 Å². The zero-order valence-electron chi connectivity index (χ0n) is 9.95. The molecule has 4 heteroatoms. The van der Waals surface area contributed by atoms with Crippen LogP contribution in [0.25, 0.3) is 0 Å². The van der Waals surface area contributed by atoms with Crippen LogP contribution in [0.15, 0.2) is 24.3 Å². The molecule has 1 atom stereocenters. The molecule has 17 heavy (non-hydrogen) atoms. The van der Waals surface area contributed by atoms with Crippen LogP contribution in [0, 0.1) is 5.82 Å². The van der Waals surface area contributed by atoms with Crippen molar-refractivity contribution in [2.45, 2.75) is 18.9 Å². The summed E-state index contributed by atoms with van der Waals surface area (Å²) in [6.45, 7) is 1.94. The Morgan fingerprint density at radius 2 is 2.35 bits per heavy atom. The third-order valence-electron chi connectivity index (χ3n) is 3.05. The lowest BCUT2D eigenvalue weighted by Gasteiger charge is -2.30. The molecule has 1 N–H and O–H groups in total. The van der Waals surface area contributed by atoms with E-state index in [1.165, 1.54) is 12.1 Å². The molecule has 0 aliphatic carbocycles. The predicted octanol–water partition coefficient (Wildman–Crippen LogP) is 1.65. The number of hydrogen-bond donors (Lipinski definition) is 1. The maximum atomic E-state index is 13.0. The van der Waals surface area contributed by atoms with Crippen LogP contribution in [0.4, 0.5) is 4.39 Å². The summed E-state index contributed by atoms with van der Waals surface area (Å²) in [5.41, 5.74) is 0.387. The number of rotatable bonds is 2. The number of piperidine rings is 1. The minimum absolute atomic E-state index is 0.171. The molecule has 1 aliphatic heterocycles. The maximum absolute atomic E-state index is 13.0. The molecule has 0 spiro atoms. The van der Waals surface area contributed by atoms with E-state index in [0.29, 0.717) is 5.56 Å². The zero-order chi connectivity index (χ0) is 12.3. The van der Waals surface area contributed by atoms with Crippen LogP contribution in [-0.2, 0) is 0 Å². The van der Waals surface area contributed by atoms with E-state index in [1.807, 2.05) is 7.05 Å². The number of halogens is 1. The first-order chi connectivity index (χ1) is 8.15. The van der Waals surface area contributed by atoms with E-state index < -0.39 is 0 Å². The number of benzene rings is 1. The Labute approximate surface area is 101 Å². The van der Waals surface area contributed by atoms with Gasteiger partial charge >= 0.3 is 0 Å². The lowest BCUT2D eigenvalue weighted by Crippen LogP contribution is -2.46. The second kappa shape index (κ2) is 5.27. The first-order valence-electron chi connectivity index (χ1n) is 5.90. The second-order valence-electron chi connectivity index (χ2n) is 4.59. The van der Waals surface area contributed by atoms with E-state index in [2.05, 4.69) is 10.2 Å². The van der Waals surface area contributed by atoms with Crippen LogP contribution >= 0.6 is 0 Å². The van der Waals surface area contributed by atoms with E-state index in [-0.39, 0.29) is 17.8 Å². The van der Waals surface area contributed by atoms with Gasteiger partial charge in [0.25, 0.3) is 5.91 Å². The maximum Gasteiger partial charge on any atom is 0.251 e. The van der Waals surface area contributed by atoms with Gasteiger partial charge in [0, 0.05) is 18.2 Å². The van der Waals surface area contributed by atoms with Gasteiger partial charge in [-0.1, -0.05) is 6.07 Å². The molecule has 1 fully saturated rings. The van der Waals surface area contributed by atoms with E-state index in [9.17, 15) is 9.18 Å². The summed E-state index contributed by atoms with van der Waals surface area (Å²) in [6, 6.07) is 5.96. The van der Waals surface area contributed by atoms with Crippen LogP contribution in [0.2, 0.25) is 0 Å². The van der Waals surface area contributed by atoms with E-state index in [4.69, 9.17) is 0 Å². The number of hydrogen-bond acceptors (Lipinski definition) is 2. The summed E-state index contributed by atoms with van der Waals surface area (Å²) >= 11 is 0. The molecule has 92 valence electrons. The SMILES string of the molecule is CN1CCCC(NC(=O)c2cccc(F)c2)C1. The van der Waals surface area contributed by atoms with Crippen LogP contribution in [0.1, 0.15) is 23.2 Å². The van der Waals surface area contributed by atoms with Crippen LogP contribution in [0.5, 0.6) is 0 Å². The number of carbonyl (C=O) groups is 1. The van der Waals surface area contributed by atoms with Gasteiger partial charge in [-0.2, -0.15) is 0 Å². The first-order valence-corrected chi connectivity index (χ1v) is 5.90. The molecule has 3 nitrogen and oxygen atoms in total. The number of nitrogens with one attached hydrogen (secondary N) is 1. The van der Waals surface area contributed by atoms with Crippen molar-refractivity contribution in [2.75, 3.05) is 20.1 Å². The van der Waals surface area contributed by atoms with Gasteiger partial charge in [-0.3, -0.25) is 4.79 Å². The minimum atomic E-state index is -0.376. The molecule has 1 heterocycles. The minimum Gasteiger partial charge on any atom is -0.348 e. The van der Waals surface area contributed by atoms with Crippen molar-refractivity contribution in [1.29, 1.82) is 0 Å².